The molecule has 0 fully saturated rings. The summed E-state index contributed by atoms with van der Waals surface area (Å²) in [4.78, 5) is 36.5. The second-order valence-electron chi connectivity index (χ2n) is 6.58. The van der Waals surface area contributed by atoms with Crippen LogP contribution in [0.25, 0.3) is 0 Å². The predicted molar refractivity (Wildman–Crippen MR) is 127 cm³/mol. The van der Waals surface area contributed by atoms with Gasteiger partial charge >= 0.3 is 0 Å². The minimum Gasteiger partial charge on any atom is -0.339 e. The number of nitrogens with one attached hydrogen (secondary N) is 2. The molecule has 0 aliphatic rings. The summed E-state index contributed by atoms with van der Waals surface area (Å²) >= 11 is 2.99. The van der Waals surface area contributed by atoms with E-state index in [0.29, 0.717) is 11.5 Å². The number of hydrazone groups is 1. The Bertz CT molecular complexity index is 1070. The number of nitro groups is 1. The summed E-state index contributed by atoms with van der Waals surface area (Å²) in [6.45, 7) is 0. The molecule has 3 aromatic rings. The van der Waals surface area contributed by atoms with E-state index < -0.39 is 22.8 Å². The summed E-state index contributed by atoms with van der Waals surface area (Å²) in [5.74, 6) is 0.0565. The Morgan fingerprint density at radius 1 is 1.09 bits per heavy atom. The molecule has 2 aromatic carbocycles. The van der Waals surface area contributed by atoms with Gasteiger partial charge < -0.3 is 5.32 Å². The van der Waals surface area contributed by atoms with E-state index in [4.69, 9.17) is 0 Å². The van der Waals surface area contributed by atoms with Crippen molar-refractivity contribution < 1.29 is 14.5 Å². The zero-order valence-electron chi connectivity index (χ0n) is 16.8. The maximum atomic E-state index is 12.7. The molecule has 0 saturated carbocycles. The topological polar surface area (TPSA) is 114 Å². The number of rotatable bonds is 10. The third-order valence-electron chi connectivity index (χ3n) is 4.27. The van der Waals surface area contributed by atoms with Crippen LogP contribution in [-0.4, -0.2) is 34.7 Å². The highest BCUT2D eigenvalue weighted by Crippen LogP contribution is 2.15. The highest BCUT2D eigenvalue weighted by Gasteiger charge is 2.22. The number of nitrogens with zero attached hydrogens (tertiary/aromatic N) is 2. The van der Waals surface area contributed by atoms with Gasteiger partial charge in [-0.2, -0.15) is 16.9 Å². The number of nitro benzene ring substituents is 1. The van der Waals surface area contributed by atoms with Gasteiger partial charge in [0.05, 0.1) is 11.1 Å². The lowest BCUT2D eigenvalue weighted by molar-refractivity contribution is -0.384. The van der Waals surface area contributed by atoms with Gasteiger partial charge in [0.25, 0.3) is 17.5 Å². The van der Waals surface area contributed by atoms with Crippen molar-refractivity contribution in [1.29, 1.82) is 0 Å². The molecule has 0 radical (unpaired) electrons. The average molecular weight is 469 g/mol. The maximum Gasteiger partial charge on any atom is 0.269 e. The van der Waals surface area contributed by atoms with Crippen molar-refractivity contribution in [3.8, 4) is 0 Å². The Balaban J connectivity index is 1.64. The van der Waals surface area contributed by atoms with Crippen LogP contribution < -0.4 is 10.7 Å². The van der Waals surface area contributed by atoms with Gasteiger partial charge in [-0.1, -0.05) is 36.4 Å². The molecule has 1 atom stereocenters. The fourth-order valence-corrected chi connectivity index (χ4v) is 4.23. The lowest BCUT2D eigenvalue weighted by atomic mass is 10.2. The molecule has 164 valence electrons. The predicted octanol–water partition coefficient (Wildman–Crippen LogP) is 3.84. The van der Waals surface area contributed by atoms with Crippen LogP contribution in [0.2, 0.25) is 0 Å². The highest BCUT2D eigenvalue weighted by atomic mass is 32.2. The number of thioether (sulfide) groups is 1. The molecule has 1 heterocycles. The van der Waals surface area contributed by atoms with Gasteiger partial charge in [0.2, 0.25) is 0 Å². The van der Waals surface area contributed by atoms with Crippen molar-refractivity contribution in [2.24, 2.45) is 5.10 Å². The fourth-order valence-electron chi connectivity index (χ4n) is 2.63. The van der Waals surface area contributed by atoms with E-state index in [9.17, 15) is 19.7 Å². The van der Waals surface area contributed by atoms with Gasteiger partial charge in [0.1, 0.15) is 6.04 Å². The second-order valence-corrected chi connectivity index (χ2v) is 8.59. The minimum absolute atomic E-state index is 0.114. The molecule has 8 nitrogen and oxygen atoms in total. The van der Waals surface area contributed by atoms with Crippen molar-refractivity contribution in [3.05, 3.63) is 98.2 Å². The lowest BCUT2D eigenvalue weighted by Gasteiger charge is -2.17. The number of hydrogen-bond donors (Lipinski definition) is 2. The van der Waals surface area contributed by atoms with Gasteiger partial charge in [-0.3, -0.25) is 19.7 Å². The van der Waals surface area contributed by atoms with Crippen molar-refractivity contribution in [2.75, 3.05) is 5.75 Å². The average Bonchev–Trinajstić information content (AvgIpc) is 3.32. The first-order chi connectivity index (χ1) is 15.5. The van der Waals surface area contributed by atoms with Crippen molar-refractivity contribution in [1.82, 2.24) is 10.7 Å². The van der Waals surface area contributed by atoms with Crippen LogP contribution in [-0.2, 0) is 10.5 Å². The number of non-ortho nitro benzene ring substituents is 1. The van der Waals surface area contributed by atoms with Crippen LogP contribution in [0.5, 0.6) is 0 Å². The lowest BCUT2D eigenvalue weighted by Crippen LogP contribution is -2.47. The number of amides is 2. The third kappa shape index (κ3) is 7.03. The van der Waals surface area contributed by atoms with Gasteiger partial charge in [-0.25, -0.2) is 5.43 Å². The molecule has 0 aliphatic heterocycles. The van der Waals surface area contributed by atoms with Crippen LogP contribution >= 0.6 is 23.1 Å². The summed E-state index contributed by atoms with van der Waals surface area (Å²) < 4.78 is 0. The standard InChI is InChI=1S/C22H20N4O4S2/c27-21(17-8-10-18(11-9-17)26(29)30)24-20(15-31-14-16-5-2-1-3-6-16)22(28)25-23-13-19-7-4-12-32-19/h1-13,20H,14-15H2,(H,24,27)(H,25,28)/t20-/m0/s1. The maximum absolute atomic E-state index is 12.7. The molecule has 0 saturated heterocycles. The highest BCUT2D eigenvalue weighted by molar-refractivity contribution is 7.98. The zero-order valence-corrected chi connectivity index (χ0v) is 18.5. The van der Waals surface area contributed by atoms with E-state index in [-0.39, 0.29) is 11.3 Å². The Labute approximate surface area is 192 Å². The molecule has 0 spiro atoms. The van der Waals surface area contributed by atoms with Crippen LogP contribution in [0.4, 0.5) is 5.69 Å². The molecule has 2 N–H and O–H groups in total. The van der Waals surface area contributed by atoms with Crippen molar-refractivity contribution in [3.63, 3.8) is 0 Å². The normalized spacial score (nSPS) is 11.8. The molecule has 10 heteroatoms. The first kappa shape index (κ1) is 23.2. The van der Waals surface area contributed by atoms with Crippen LogP contribution in [0.15, 0.2) is 77.2 Å². The number of carbonyl (C=O) groups excluding carboxylic acids is 2. The fraction of sp³-hybridized carbons (Fsp3) is 0.136. The van der Waals surface area contributed by atoms with E-state index in [2.05, 4.69) is 15.8 Å². The summed E-state index contributed by atoms with van der Waals surface area (Å²) in [6, 6.07) is 17.9. The van der Waals surface area contributed by atoms with Crippen molar-refractivity contribution >= 4 is 46.8 Å². The van der Waals surface area contributed by atoms with E-state index in [1.165, 1.54) is 53.6 Å². The van der Waals surface area contributed by atoms with Crippen LogP contribution in [0, 0.1) is 10.1 Å². The molecular weight excluding hydrogens is 448 g/mol. The molecule has 1 aromatic heterocycles. The summed E-state index contributed by atoms with van der Waals surface area (Å²) in [5.41, 5.74) is 3.69. The summed E-state index contributed by atoms with van der Waals surface area (Å²) in [7, 11) is 0. The SMILES string of the molecule is O=C(N[C@@H](CSCc1ccccc1)C(=O)NN=Cc1cccs1)c1ccc([N+](=O)[O-])cc1. The molecular formula is C22H20N4O4S2. The molecule has 2 amide bonds. The monoisotopic (exact) mass is 468 g/mol. The first-order valence-corrected chi connectivity index (χ1v) is 11.6. The zero-order chi connectivity index (χ0) is 22.8. The van der Waals surface area contributed by atoms with Crippen LogP contribution in [0.1, 0.15) is 20.8 Å². The largest absolute Gasteiger partial charge is 0.339 e. The Morgan fingerprint density at radius 3 is 2.50 bits per heavy atom. The number of benzene rings is 2. The number of hydrogen-bond acceptors (Lipinski definition) is 7. The minimum atomic E-state index is -0.841. The van der Waals surface area contributed by atoms with Crippen molar-refractivity contribution in [2.45, 2.75) is 11.8 Å². The summed E-state index contributed by atoms with van der Waals surface area (Å²) in [6.07, 6.45) is 1.54. The molecule has 32 heavy (non-hydrogen) atoms. The Hall–Kier alpha value is -3.50. The van der Waals surface area contributed by atoms with Gasteiger partial charge in [-0.15, -0.1) is 11.3 Å². The van der Waals surface area contributed by atoms with Gasteiger partial charge in [0.15, 0.2) is 0 Å². The number of carbonyl (C=O) groups is 2. The van der Waals surface area contributed by atoms with Gasteiger partial charge in [0, 0.05) is 34.1 Å². The second kappa shape index (κ2) is 11.8. The van der Waals surface area contributed by atoms with E-state index in [1.54, 1.807) is 0 Å². The van der Waals surface area contributed by atoms with E-state index >= 15 is 0 Å². The van der Waals surface area contributed by atoms with E-state index in [0.717, 1.165) is 10.4 Å². The van der Waals surface area contributed by atoms with Crippen LogP contribution in [0.3, 0.4) is 0 Å². The number of thiophene rings is 1. The Kier molecular flexibility index (Phi) is 8.52. The Morgan fingerprint density at radius 2 is 1.84 bits per heavy atom. The van der Waals surface area contributed by atoms with Gasteiger partial charge in [-0.05, 0) is 29.1 Å². The van der Waals surface area contributed by atoms with E-state index in [1.807, 2.05) is 47.8 Å². The summed E-state index contributed by atoms with van der Waals surface area (Å²) in [5, 5.41) is 19.4. The first-order valence-electron chi connectivity index (χ1n) is 9.56. The smallest absolute Gasteiger partial charge is 0.269 e. The molecule has 0 unspecified atom stereocenters. The third-order valence-corrected chi connectivity index (χ3v) is 6.18. The molecule has 3 rings (SSSR count). The quantitative estimate of drug-likeness (QED) is 0.267. The molecule has 0 aliphatic carbocycles. The molecule has 0 bridgehead atoms.